The fourth-order valence-electron chi connectivity index (χ4n) is 2.54. The minimum atomic E-state index is -3.48. The normalized spacial score (nSPS) is 12.5. The summed E-state index contributed by atoms with van der Waals surface area (Å²) in [5, 5.41) is 2.82. The number of carbonyl (C=O) groups is 1. The van der Waals surface area contributed by atoms with Crippen molar-refractivity contribution in [1.29, 1.82) is 0 Å². The van der Waals surface area contributed by atoms with Gasteiger partial charge in [0.2, 0.25) is 15.9 Å². The first kappa shape index (κ1) is 19.9. The van der Waals surface area contributed by atoms with Crippen LogP contribution in [0.2, 0.25) is 0 Å². The molecule has 7 heteroatoms. The molecule has 0 bridgehead atoms. The summed E-state index contributed by atoms with van der Waals surface area (Å²) in [7, 11) is -1.93. The third-order valence-electron chi connectivity index (χ3n) is 4.05. The summed E-state index contributed by atoms with van der Waals surface area (Å²) in [4.78, 5) is 12.4. The van der Waals surface area contributed by atoms with Crippen LogP contribution in [0.4, 0.5) is 5.69 Å². The average Bonchev–Trinajstić information content (AvgIpc) is 2.56. The number of nitrogens with one attached hydrogen (secondary N) is 2. The maximum absolute atomic E-state index is 12.4. The lowest BCUT2D eigenvalue weighted by molar-refractivity contribution is -0.116. The van der Waals surface area contributed by atoms with Gasteiger partial charge in [-0.15, -0.1) is 0 Å². The highest BCUT2D eigenvalue weighted by molar-refractivity contribution is 7.88. The van der Waals surface area contributed by atoms with E-state index in [1.54, 1.807) is 31.4 Å². The van der Waals surface area contributed by atoms with Crippen LogP contribution < -0.4 is 14.8 Å². The van der Waals surface area contributed by atoms with Gasteiger partial charge in [-0.05, 0) is 54.8 Å². The summed E-state index contributed by atoms with van der Waals surface area (Å²) in [5.74, 6) is 0.386. The Balaban J connectivity index is 2.16. The lowest BCUT2D eigenvalue weighted by Gasteiger charge is -2.18. The van der Waals surface area contributed by atoms with Gasteiger partial charge in [0.25, 0.3) is 0 Å². The van der Waals surface area contributed by atoms with Crippen LogP contribution in [-0.2, 0) is 14.8 Å². The van der Waals surface area contributed by atoms with E-state index in [9.17, 15) is 13.2 Å². The van der Waals surface area contributed by atoms with Crippen LogP contribution in [-0.4, -0.2) is 27.7 Å². The Morgan fingerprint density at radius 3 is 2.27 bits per heavy atom. The number of aryl methyl sites for hydroxylation is 2. The maximum atomic E-state index is 12.4. The Hall–Kier alpha value is -2.38. The standard InChI is InChI=1S/C19H24N2O4S/c1-13-5-8-16(11-14(13)2)20-19(22)12-18(21-26(4,23)24)15-6-9-17(25-3)10-7-15/h5-11,18,21H,12H2,1-4H3,(H,20,22)/t18-/m1/s1. The Labute approximate surface area is 154 Å². The van der Waals surface area contributed by atoms with Gasteiger partial charge in [0.1, 0.15) is 5.75 Å². The van der Waals surface area contributed by atoms with Crippen LogP contribution in [0.15, 0.2) is 42.5 Å². The smallest absolute Gasteiger partial charge is 0.226 e. The molecule has 0 aromatic heterocycles. The van der Waals surface area contributed by atoms with E-state index < -0.39 is 16.1 Å². The first-order valence-corrected chi connectivity index (χ1v) is 10.1. The van der Waals surface area contributed by atoms with Gasteiger partial charge in [-0.3, -0.25) is 4.79 Å². The third-order valence-corrected chi connectivity index (χ3v) is 4.77. The number of sulfonamides is 1. The number of methoxy groups -OCH3 is 1. The van der Waals surface area contributed by atoms with Crippen molar-refractivity contribution in [3.8, 4) is 5.75 Å². The minimum Gasteiger partial charge on any atom is -0.497 e. The van der Waals surface area contributed by atoms with Crippen molar-refractivity contribution in [2.45, 2.75) is 26.3 Å². The molecular formula is C19H24N2O4S. The SMILES string of the molecule is COc1ccc([C@@H](CC(=O)Nc2ccc(C)c(C)c2)NS(C)(=O)=O)cc1. The topological polar surface area (TPSA) is 84.5 Å². The second kappa shape index (κ2) is 8.33. The monoisotopic (exact) mass is 376 g/mol. The molecule has 1 atom stereocenters. The predicted octanol–water partition coefficient (Wildman–Crippen LogP) is 2.93. The van der Waals surface area contributed by atoms with Gasteiger partial charge < -0.3 is 10.1 Å². The van der Waals surface area contributed by atoms with E-state index in [0.29, 0.717) is 17.0 Å². The Kier molecular flexibility index (Phi) is 6.39. The molecule has 6 nitrogen and oxygen atoms in total. The molecule has 0 aliphatic rings. The predicted molar refractivity (Wildman–Crippen MR) is 103 cm³/mol. The molecule has 0 unspecified atom stereocenters. The van der Waals surface area contributed by atoms with Gasteiger partial charge in [0.15, 0.2) is 0 Å². The van der Waals surface area contributed by atoms with Crippen LogP contribution in [0, 0.1) is 13.8 Å². The molecule has 0 fully saturated rings. The number of benzene rings is 2. The number of hydrogen-bond acceptors (Lipinski definition) is 4. The van der Waals surface area contributed by atoms with Gasteiger partial charge in [0.05, 0.1) is 19.4 Å². The van der Waals surface area contributed by atoms with Gasteiger partial charge in [0, 0.05) is 12.1 Å². The molecule has 0 radical (unpaired) electrons. The molecule has 2 rings (SSSR count). The van der Waals surface area contributed by atoms with Crippen LogP contribution in [0.5, 0.6) is 5.75 Å². The largest absolute Gasteiger partial charge is 0.497 e. The van der Waals surface area contributed by atoms with Gasteiger partial charge in [-0.25, -0.2) is 13.1 Å². The van der Waals surface area contributed by atoms with Crippen molar-refractivity contribution in [3.63, 3.8) is 0 Å². The maximum Gasteiger partial charge on any atom is 0.226 e. The Morgan fingerprint density at radius 2 is 1.73 bits per heavy atom. The number of hydrogen-bond donors (Lipinski definition) is 2. The number of amides is 1. The zero-order valence-corrected chi connectivity index (χ0v) is 16.2. The van der Waals surface area contributed by atoms with Gasteiger partial charge >= 0.3 is 0 Å². The lowest BCUT2D eigenvalue weighted by atomic mass is 10.0. The molecule has 0 saturated carbocycles. The van der Waals surface area contributed by atoms with E-state index in [2.05, 4.69) is 10.0 Å². The molecule has 2 aromatic carbocycles. The summed E-state index contributed by atoms with van der Waals surface area (Å²) in [6.45, 7) is 3.97. The lowest BCUT2D eigenvalue weighted by Crippen LogP contribution is -2.30. The molecule has 0 spiro atoms. The van der Waals surface area contributed by atoms with E-state index in [1.165, 1.54) is 0 Å². The number of rotatable bonds is 7. The molecule has 2 N–H and O–H groups in total. The summed E-state index contributed by atoms with van der Waals surface area (Å²) in [5.41, 5.74) is 3.58. The highest BCUT2D eigenvalue weighted by atomic mass is 32.2. The molecule has 140 valence electrons. The number of anilines is 1. The molecule has 0 heterocycles. The highest BCUT2D eigenvalue weighted by Crippen LogP contribution is 2.22. The van der Waals surface area contributed by atoms with Crippen LogP contribution >= 0.6 is 0 Å². The molecular weight excluding hydrogens is 352 g/mol. The van der Waals surface area contributed by atoms with Crippen molar-refractivity contribution in [2.24, 2.45) is 0 Å². The van der Waals surface area contributed by atoms with E-state index in [0.717, 1.165) is 17.4 Å². The first-order chi connectivity index (χ1) is 12.2. The van der Waals surface area contributed by atoms with Crippen LogP contribution in [0.3, 0.4) is 0 Å². The third kappa shape index (κ3) is 5.86. The first-order valence-electron chi connectivity index (χ1n) is 8.16. The van der Waals surface area contributed by atoms with E-state index in [4.69, 9.17) is 4.74 Å². The zero-order chi connectivity index (χ0) is 19.3. The van der Waals surface area contributed by atoms with E-state index in [-0.39, 0.29) is 12.3 Å². The quantitative estimate of drug-likeness (QED) is 0.778. The van der Waals surface area contributed by atoms with Gasteiger partial charge in [-0.1, -0.05) is 18.2 Å². The molecule has 2 aromatic rings. The molecule has 26 heavy (non-hydrogen) atoms. The number of carbonyl (C=O) groups excluding carboxylic acids is 1. The Morgan fingerprint density at radius 1 is 1.08 bits per heavy atom. The second-order valence-electron chi connectivity index (χ2n) is 6.27. The summed E-state index contributed by atoms with van der Waals surface area (Å²) < 4.78 is 31.0. The van der Waals surface area contributed by atoms with Gasteiger partial charge in [-0.2, -0.15) is 0 Å². The van der Waals surface area contributed by atoms with Crippen molar-refractivity contribution >= 4 is 21.6 Å². The summed E-state index contributed by atoms with van der Waals surface area (Å²) in [6.07, 6.45) is 1.05. The van der Waals surface area contributed by atoms with Crippen molar-refractivity contribution < 1.29 is 17.9 Å². The van der Waals surface area contributed by atoms with E-state index >= 15 is 0 Å². The highest BCUT2D eigenvalue weighted by Gasteiger charge is 2.20. The summed E-state index contributed by atoms with van der Waals surface area (Å²) in [6, 6.07) is 11.9. The Bertz CT molecular complexity index is 877. The zero-order valence-electron chi connectivity index (χ0n) is 15.4. The van der Waals surface area contributed by atoms with Crippen molar-refractivity contribution in [2.75, 3.05) is 18.7 Å². The fraction of sp³-hybridized carbons (Fsp3) is 0.316. The molecule has 0 saturated heterocycles. The van der Waals surface area contributed by atoms with Crippen LogP contribution in [0.25, 0.3) is 0 Å². The van der Waals surface area contributed by atoms with Crippen LogP contribution in [0.1, 0.15) is 29.2 Å². The van der Waals surface area contributed by atoms with E-state index in [1.807, 2.05) is 32.0 Å². The molecule has 0 aliphatic carbocycles. The molecule has 1 amide bonds. The minimum absolute atomic E-state index is 0.0215. The average molecular weight is 376 g/mol. The molecule has 0 aliphatic heterocycles. The summed E-state index contributed by atoms with van der Waals surface area (Å²) >= 11 is 0. The van der Waals surface area contributed by atoms with Crippen molar-refractivity contribution in [3.05, 3.63) is 59.2 Å². The van der Waals surface area contributed by atoms with Crippen molar-refractivity contribution in [1.82, 2.24) is 4.72 Å². The fourth-order valence-corrected chi connectivity index (χ4v) is 3.28. The second-order valence-corrected chi connectivity index (χ2v) is 8.05. The number of ether oxygens (including phenoxy) is 1.